The molecule has 1 fully saturated rings. The van der Waals surface area contributed by atoms with Crippen molar-refractivity contribution in [2.24, 2.45) is 4.99 Å². The second kappa shape index (κ2) is 10.3. The van der Waals surface area contributed by atoms with E-state index in [1.807, 2.05) is 49.5 Å². The first-order valence-electron chi connectivity index (χ1n) is 11.9. The predicted molar refractivity (Wildman–Crippen MR) is 136 cm³/mol. The minimum Gasteiger partial charge on any atom is -0.438 e. The summed E-state index contributed by atoms with van der Waals surface area (Å²) in [5.74, 6) is -0.478. The number of aryl methyl sites for hydroxylation is 1. The number of methoxy groups -OCH3 is 1. The number of halogens is 1. The molecule has 2 aliphatic rings. The van der Waals surface area contributed by atoms with Crippen molar-refractivity contribution < 1.29 is 28.5 Å². The van der Waals surface area contributed by atoms with Gasteiger partial charge in [-0.3, -0.25) is 14.5 Å². The number of benzene rings is 1. The molecule has 5 rings (SSSR count). The number of imidazole rings is 1. The van der Waals surface area contributed by atoms with Gasteiger partial charge in [0.2, 0.25) is 0 Å². The van der Waals surface area contributed by atoms with Gasteiger partial charge < -0.3 is 18.9 Å². The maximum atomic E-state index is 12.2. The van der Waals surface area contributed by atoms with Crippen molar-refractivity contribution in [3.8, 4) is 5.69 Å². The lowest BCUT2D eigenvalue weighted by atomic mass is 10.0. The van der Waals surface area contributed by atoms with Crippen LogP contribution in [0.5, 0.6) is 0 Å². The molecular formula is C26H25BrN4O6. The second-order valence-electron chi connectivity index (χ2n) is 8.77. The summed E-state index contributed by atoms with van der Waals surface area (Å²) < 4.78 is 22.9. The van der Waals surface area contributed by atoms with Crippen molar-refractivity contribution >= 4 is 34.0 Å². The molecule has 192 valence electrons. The summed E-state index contributed by atoms with van der Waals surface area (Å²) >= 11 is 3.59. The number of hydrogen-bond donors (Lipinski definition) is 0. The van der Waals surface area contributed by atoms with Gasteiger partial charge in [0.15, 0.2) is 0 Å². The molecule has 1 atom stereocenters. The highest BCUT2D eigenvalue weighted by atomic mass is 79.9. The standard InChI is InChI=1S/C26H25BrN4O6/c1-16-15-29-23-20(7-5-13-35-25(33)37-26(10-11-26)36-24(32)34-2)30-22(19-6-3-4-12-28-19)18-14-17(27)8-9-21(18)31(16)23/h3-4,6,8-9,12,14-15,20H,5,7,10-11,13H2,1-2H3/t20-/m0/s1. The van der Waals surface area contributed by atoms with Crippen LogP contribution in [0.1, 0.15) is 54.5 Å². The fourth-order valence-electron chi connectivity index (χ4n) is 4.21. The molecule has 37 heavy (non-hydrogen) atoms. The van der Waals surface area contributed by atoms with Crippen LogP contribution in [-0.4, -0.2) is 52.1 Å². The number of carbonyl (C=O) groups is 2. The summed E-state index contributed by atoms with van der Waals surface area (Å²) in [7, 11) is 1.19. The molecule has 10 nitrogen and oxygen atoms in total. The number of carbonyl (C=O) groups excluding carboxylic acids is 2. The fourth-order valence-corrected chi connectivity index (χ4v) is 4.58. The Morgan fingerprint density at radius 1 is 1.14 bits per heavy atom. The van der Waals surface area contributed by atoms with Gasteiger partial charge in [0.25, 0.3) is 5.79 Å². The number of aliphatic imine (C=N–C) groups is 1. The molecule has 0 radical (unpaired) electrons. The zero-order valence-electron chi connectivity index (χ0n) is 20.3. The van der Waals surface area contributed by atoms with E-state index in [4.69, 9.17) is 19.2 Å². The molecule has 11 heteroatoms. The highest BCUT2D eigenvalue weighted by Crippen LogP contribution is 2.41. The van der Waals surface area contributed by atoms with Crippen molar-refractivity contribution in [2.75, 3.05) is 13.7 Å². The normalized spacial score (nSPS) is 16.9. The molecule has 3 aromatic rings. The Bertz CT molecular complexity index is 1350. The van der Waals surface area contributed by atoms with E-state index < -0.39 is 18.1 Å². The van der Waals surface area contributed by atoms with Gasteiger partial charge in [-0.25, -0.2) is 14.6 Å². The SMILES string of the molecule is COC(=O)OC1(OC(=O)OCCC[C@@H]2N=C(c3ccccn3)c3cc(Br)ccc3-n3c(C)cnc32)CC1. The fraction of sp³-hybridized carbons (Fsp3) is 0.346. The molecule has 3 heterocycles. The number of fused-ring (bicyclic) bond motifs is 3. The average molecular weight is 569 g/mol. The molecule has 1 saturated carbocycles. The van der Waals surface area contributed by atoms with Gasteiger partial charge in [0, 0.05) is 41.0 Å². The Hall–Kier alpha value is -3.73. The quantitative estimate of drug-likeness (QED) is 0.210. The number of ether oxygens (including phenoxy) is 4. The number of pyridine rings is 1. The molecule has 0 amide bonds. The molecule has 0 unspecified atom stereocenters. The van der Waals surface area contributed by atoms with E-state index in [0.717, 1.165) is 38.6 Å². The lowest BCUT2D eigenvalue weighted by Crippen LogP contribution is -2.27. The predicted octanol–water partition coefficient (Wildman–Crippen LogP) is 5.44. The van der Waals surface area contributed by atoms with Crippen LogP contribution in [0.15, 0.2) is 58.3 Å². The van der Waals surface area contributed by atoms with E-state index in [-0.39, 0.29) is 12.6 Å². The number of nitrogens with zero attached hydrogens (tertiary/aromatic N) is 4. The third-order valence-corrected chi connectivity index (χ3v) is 6.61. The van der Waals surface area contributed by atoms with E-state index in [1.54, 1.807) is 6.20 Å². The molecule has 0 saturated heterocycles. The minimum absolute atomic E-state index is 0.107. The van der Waals surface area contributed by atoms with Crippen LogP contribution in [0.3, 0.4) is 0 Å². The molecule has 1 aliphatic carbocycles. The first kappa shape index (κ1) is 24.9. The van der Waals surface area contributed by atoms with E-state index in [9.17, 15) is 9.59 Å². The minimum atomic E-state index is -1.28. The van der Waals surface area contributed by atoms with Crippen molar-refractivity contribution in [2.45, 2.75) is 44.4 Å². The van der Waals surface area contributed by atoms with Gasteiger partial charge in [-0.2, -0.15) is 0 Å². The maximum absolute atomic E-state index is 12.2. The van der Waals surface area contributed by atoms with E-state index in [1.165, 1.54) is 7.11 Å². The van der Waals surface area contributed by atoms with Gasteiger partial charge in [-0.1, -0.05) is 22.0 Å². The van der Waals surface area contributed by atoms with Crippen molar-refractivity contribution in [1.82, 2.24) is 14.5 Å². The van der Waals surface area contributed by atoms with Crippen LogP contribution in [-0.2, 0) is 18.9 Å². The number of aromatic nitrogens is 3. The largest absolute Gasteiger partial charge is 0.511 e. The summed E-state index contributed by atoms with van der Waals surface area (Å²) in [5, 5.41) is 0. The first-order valence-corrected chi connectivity index (χ1v) is 12.6. The van der Waals surface area contributed by atoms with Crippen molar-refractivity contribution in [1.29, 1.82) is 0 Å². The third kappa shape index (κ3) is 5.36. The lowest BCUT2D eigenvalue weighted by molar-refractivity contribution is -0.121. The van der Waals surface area contributed by atoms with E-state index in [2.05, 4.69) is 35.2 Å². The third-order valence-electron chi connectivity index (χ3n) is 6.12. The smallest absolute Gasteiger partial charge is 0.438 e. The van der Waals surface area contributed by atoms with Gasteiger partial charge in [0.1, 0.15) is 11.9 Å². The van der Waals surface area contributed by atoms with E-state index in [0.29, 0.717) is 25.7 Å². The Balaban J connectivity index is 1.33. The summed E-state index contributed by atoms with van der Waals surface area (Å²) in [6.07, 6.45) is 3.67. The van der Waals surface area contributed by atoms with Crippen molar-refractivity contribution in [3.63, 3.8) is 0 Å². The van der Waals surface area contributed by atoms with Gasteiger partial charge >= 0.3 is 12.3 Å². The lowest BCUT2D eigenvalue weighted by Gasteiger charge is -2.16. The Kier molecular flexibility index (Phi) is 6.96. The molecular weight excluding hydrogens is 544 g/mol. The van der Waals surface area contributed by atoms with Gasteiger partial charge in [-0.05, 0) is 50.1 Å². The molecule has 0 N–H and O–H groups in total. The molecule has 0 bridgehead atoms. The zero-order valence-corrected chi connectivity index (χ0v) is 21.9. The maximum Gasteiger partial charge on any atom is 0.511 e. The Morgan fingerprint density at radius 3 is 2.68 bits per heavy atom. The first-order chi connectivity index (χ1) is 17.9. The average Bonchev–Trinajstić information content (AvgIpc) is 3.56. The van der Waals surface area contributed by atoms with Crippen LogP contribution in [0.25, 0.3) is 5.69 Å². The number of rotatable bonds is 7. The summed E-state index contributed by atoms with van der Waals surface area (Å²) in [6, 6.07) is 11.5. The molecule has 1 aromatic carbocycles. The van der Waals surface area contributed by atoms with Crippen LogP contribution in [0.4, 0.5) is 9.59 Å². The van der Waals surface area contributed by atoms with Crippen molar-refractivity contribution in [3.05, 3.63) is 76.0 Å². The highest BCUT2D eigenvalue weighted by molar-refractivity contribution is 9.10. The van der Waals surface area contributed by atoms with Crippen LogP contribution >= 0.6 is 15.9 Å². The van der Waals surface area contributed by atoms with E-state index >= 15 is 0 Å². The van der Waals surface area contributed by atoms with Gasteiger partial charge in [0.05, 0.1) is 30.8 Å². The highest BCUT2D eigenvalue weighted by Gasteiger charge is 2.52. The summed E-state index contributed by atoms with van der Waals surface area (Å²) in [5.41, 5.74) is 4.43. The Labute approximate surface area is 221 Å². The molecule has 0 spiro atoms. The zero-order chi connectivity index (χ0) is 26.0. The summed E-state index contributed by atoms with van der Waals surface area (Å²) in [4.78, 5) is 37.9. The van der Waals surface area contributed by atoms with Crippen LogP contribution < -0.4 is 0 Å². The second-order valence-corrected chi connectivity index (χ2v) is 9.69. The number of hydrogen-bond acceptors (Lipinski definition) is 9. The molecule has 1 aliphatic heterocycles. The monoisotopic (exact) mass is 568 g/mol. The molecule has 2 aromatic heterocycles. The summed E-state index contributed by atoms with van der Waals surface area (Å²) in [6.45, 7) is 2.12. The Morgan fingerprint density at radius 2 is 1.95 bits per heavy atom. The topological polar surface area (TPSA) is 114 Å². The van der Waals surface area contributed by atoms with Crippen LogP contribution in [0.2, 0.25) is 0 Å². The van der Waals surface area contributed by atoms with Gasteiger partial charge in [-0.15, -0.1) is 0 Å². The van der Waals surface area contributed by atoms with Crippen LogP contribution in [0, 0.1) is 6.92 Å².